The first-order chi connectivity index (χ1) is 7.13. The number of thiophene rings is 1. The lowest BCUT2D eigenvalue weighted by Gasteiger charge is -2.21. The third-order valence-electron chi connectivity index (χ3n) is 2.34. The Morgan fingerprint density at radius 3 is 2.73 bits per heavy atom. The molecular formula is C11H18BrNOS. The summed E-state index contributed by atoms with van der Waals surface area (Å²) in [5.74, 6) is 0.590. The molecule has 0 aliphatic carbocycles. The van der Waals surface area contributed by atoms with E-state index in [0.717, 1.165) is 13.2 Å². The van der Waals surface area contributed by atoms with Gasteiger partial charge in [0.25, 0.3) is 0 Å². The summed E-state index contributed by atoms with van der Waals surface area (Å²) >= 11 is 5.19. The average Bonchev–Trinajstić information content (AvgIpc) is 2.58. The number of nitrogens with one attached hydrogen (secondary N) is 1. The van der Waals surface area contributed by atoms with E-state index in [1.54, 1.807) is 18.4 Å². The summed E-state index contributed by atoms with van der Waals surface area (Å²) in [5.41, 5.74) is 1.33. The van der Waals surface area contributed by atoms with E-state index in [1.165, 1.54) is 9.35 Å². The molecule has 1 N–H and O–H groups in total. The molecule has 4 heteroatoms. The maximum atomic E-state index is 5.19. The van der Waals surface area contributed by atoms with E-state index in [9.17, 15) is 0 Å². The van der Waals surface area contributed by atoms with Gasteiger partial charge >= 0.3 is 0 Å². The maximum Gasteiger partial charge on any atom is 0.0701 e. The molecule has 0 fully saturated rings. The Morgan fingerprint density at radius 2 is 2.27 bits per heavy atom. The normalized spacial score (nSPS) is 13.4. The van der Waals surface area contributed by atoms with Crippen molar-refractivity contribution in [2.24, 2.45) is 5.92 Å². The van der Waals surface area contributed by atoms with Gasteiger partial charge in [0.1, 0.15) is 0 Å². The lowest BCUT2D eigenvalue weighted by molar-refractivity contribution is 0.146. The van der Waals surface area contributed by atoms with Gasteiger partial charge in [-0.3, -0.25) is 0 Å². The van der Waals surface area contributed by atoms with Crippen LogP contribution in [0, 0.1) is 5.92 Å². The molecule has 0 aliphatic heterocycles. The molecule has 0 bridgehead atoms. The summed E-state index contributed by atoms with van der Waals surface area (Å²) in [5, 5.41) is 5.68. The fourth-order valence-electron chi connectivity index (χ4n) is 1.35. The lowest BCUT2D eigenvalue weighted by atomic mass is 10.1. The first-order valence-corrected chi connectivity index (χ1v) is 6.76. The lowest BCUT2D eigenvalue weighted by Crippen LogP contribution is -2.37. The van der Waals surface area contributed by atoms with Gasteiger partial charge in [0.15, 0.2) is 0 Å². The van der Waals surface area contributed by atoms with Crippen LogP contribution in [-0.2, 0) is 11.3 Å². The van der Waals surface area contributed by atoms with Crippen LogP contribution in [-0.4, -0.2) is 19.8 Å². The van der Waals surface area contributed by atoms with Gasteiger partial charge < -0.3 is 10.1 Å². The minimum absolute atomic E-state index is 0.425. The fraction of sp³-hybridized carbons (Fsp3) is 0.636. The molecule has 1 unspecified atom stereocenters. The smallest absolute Gasteiger partial charge is 0.0701 e. The van der Waals surface area contributed by atoms with Crippen LogP contribution in [0.2, 0.25) is 0 Å². The second kappa shape index (κ2) is 6.63. The number of hydrogen-bond acceptors (Lipinski definition) is 3. The average molecular weight is 292 g/mol. The van der Waals surface area contributed by atoms with Crippen LogP contribution in [0.4, 0.5) is 0 Å². The van der Waals surface area contributed by atoms with Gasteiger partial charge in [-0.15, -0.1) is 11.3 Å². The number of halogens is 1. The number of ether oxygens (including phenoxy) is 1. The van der Waals surface area contributed by atoms with Gasteiger partial charge in [-0.25, -0.2) is 0 Å². The van der Waals surface area contributed by atoms with Crippen LogP contribution in [0.15, 0.2) is 15.2 Å². The van der Waals surface area contributed by atoms with Gasteiger partial charge in [-0.1, -0.05) is 13.8 Å². The zero-order valence-corrected chi connectivity index (χ0v) is 11.8. The largest absolute Gasteiger partial charge is 0.383 e. The molecule has 0 aliphatic rings. The first kappa shape index (κ1) is 13.2. The number of hydrogen-bond donors (Lipinski definition) is 1. The molecule has 1 heterocycles. The van der Waals surface area contributed by atoms with Crippen molar-refractivity contribution < 1.29 is 4.74 Å². The quantitative estimate of drug-likeness (QED) is 0.869. The maximum absolute atomic E-state index is 5.19. The van der Waals surface area contributed by atoms with E-state index in [2.05, 4.69) is 46.5 Å². The molecule has 1 atom stereocenters. The van der Waals surface area contributed by atoms with Crippen molar-refractivity contribution in [2.75, 3.05) is 13.7 Å². The van der Waals surface area contributed by atoms with Crippen LogP contribution < -0.4 is 5.32 Å². The SMILES string of the molecule is COCC(NCc1csc(Br)c1)C(C)C. The molecule has 1 aromatic rings. The van der Waals surface area contributed by atoms with E-state index in [-0.39, 0.29) is 0 Å². The minimum Gasteiger partial charge on any atom is -0.383 e. The van der Waals surface area contributed by atoms with Crippen LogP contribution >= 0.6 is 27.3 Å². The number of methoxy groups -OCH3 is 1. The molecule has 1 rings (SSSR count). The molecular weight excluding hydrogens is 274 g/mol. The predicted molar refractivity (Wildman–Crippen MR) is 69.4 cm³/mol. The molecule has 0 amide bonds. The topological polar surface area (TPSA) is 21.3 Å². The van der Waals surface area contributed by atoms with Crippen molar-refractivity contribution in [3.63, 3.8) is 0 Å². The summed E-state index contributed by atoms with van der Waals surface area (Å²) in [6.07, 6.45) is 0. The number of rotatable bonds is 6. The first-order valence-electron chi connectivity index (χ1n) is 5.08. The van der Waals surface area contributed by atoms with E-state index in [4.69, 9.17) is 4.74 Å². The van der Waals surface area contributed by atoms with E-state index >= 15 is 0 Å². The van der Waals surface area contributed by atoms with Gasteiger partial charge in [-0.05, 0) is 38.9 Å². The molecule has 0 saturated carbocycles. The van der Waals surface area contributed by atoms with Gasteiger partial charge in [0, 0.05) is 19.7 Å². The predicted octanol–water partition coefficient (Wildman–Crippen LogP) is 3.27. The monoisotopic (exact) mass is 291 g/mol. The summed E-state index contributed by atoms with van der Waals surface area (Å²) < 4.78 is 6.38. The molecule has 2 nitrogen and oxygen atoms in total. The highest BCUT2D eigenvalue weighted by Gasteiger charge is 2.12. The third kappa shape index (κ3) is 4.64. The minimum atomic E-state index is 0.425. The molecule has 86 valence electrons. The standard InChI is InChI=1S/C11H18BrNOS/c1-8(2)10(6-14-3)13-5-9-4-11(12)15-7-9/h4,7-8,10,13H,5-6H2,1-3H3. The third-order valence-corrected chi connectivity index (χ3v) is 3.89. The Hall–Kier alpha value is 0.100. The van der Waals surface area contributed by atoms with Crippen molar-refractivity contribution in [3.8, 4) is 0 Å². The second-order valence-corrected chi connectivity index (χ2v) is 6.24. The van der Waals surface area contributed by atoms with Gasteiger partial charge in [0.05, 0.1) is 10.4 Å². The Labute approximate surface area is 104 Å². The van der Waals surface area contributed by atoms with Gasteiger partial charge in [0.2, 0.25) is 0 Å². The summed E-state index contributed by atoms with van der Waals surface area (Å²) in [7, 11) is 1.75. The zero-order valence-electron chi connectivity index (χ0n) is 9.42. The van der Waals surface area contributed by atoms with Crippen molar-refractivity contribution in [2.45, 2.75) is 26.4 Å². The molecule has 0 spiro atoms. The Morgan fingerprint density at radius 1 is 1.53 bits per heavy atom. The summed E-state index contributed by atoms with van der Waals surface area (Å²) in [6.45, 7) is 6.09. The second-order valence-electron chi connectivity index (χ2n) is 3.95. The van der Waals surface area contributed by atoms with Crippen molar-refractivity contribution in [1.82, 2.24) is 5.32 Å². The summed E-state index contributed by atoms with van der Waals surface area (Å²) in [6, 6.07) is 2.58. The highest BCUT2D eigenvalue weighted by molar-refractivity contribution is 9.11. The van der Waals surface area contributed by atoms with Crippen molar-refractivity contribution in [1.29, 1.82) is 0 Å². The molecule has 0 aromatic carbocycles. The van der Waals surface area contributed by atoms with Gasteiger partial charge in [-0.2, -0.15) is 0 Å². The molecule has 0 radical (unpaired) electrons. The summed E-state index contributed by atoms with van der Waals surface area (Å²) in [4.78, 5) is 0. The Bertz CT molecular complexity index is 288. The zero-order chi connectivity index (χ0) is 11.3. The Balaban J connectivity index is 2.39. The van der Waals surface area contributed by atoms with Crippen molar-refractivity contribution in [3.05, 3.63) is 20.8 Å². The van der Waals surface area contributed by atoms with Crippen LogP contribution in [0.5, 0.6) is 0 Å². The van der Waals surface area contributed by atoms with Crippen LogP contribution in [0.3, 0.4) is 0 Å². The highest BCUT2D eigenvalue weighted by atomic mass is 79.9. The molecule has 1 aromatic heterocycles. The van der Waals surface area contributed by atoms with Crippen LogP contribution in [0.1, 0.15) is 19.4 Å². The highest BCUT2D eigenvalue weighted by Crippen LogP contribution is 2.20. The molecule has 15 heavy (non-hydrogen) atoms. The van der Waals surface area contributed by atoms with Crippen LogP contribution in [0.25, 0.3) is 0 Å². The Kier molecular flexibility index (Phi) is 5.82. The van der Waals surface area contributed by atoms with E-state index < -0.39 is 0 Å². The van der Waals surface area contributed by atoms with Crippen molar-refractivity contribution >= 4 is 27.3 Å². The van der Waals surface area contributed by atoms with E-state index in [0.29, 0.717) is 12.0 Å². The molecule has 0 saturated heterocycles. The van der Waals surface area contributed by atoms with E-state index in [1.807, 2.05) is 0 Å². The fourth-order valence-corrected chi connectivity index (χ4v) is 2.56.